The summed E-state index contributed by atoms with van der Waals surface area (Å²) >= 11 is 0. The van der Waals surface area contributed by atoms with Crippen LogP contribution in [0.1, 0.15) is 30.4 Å². The first-order chi connectivity index (χ1) is 12.9. The molecule has 2 aromatic rings. The number of hydrogen-bond donors (Lipinski definition) is 1. The van der Waals surface area contributed by atoms with Crippen molar-refractivity contribution in [1.82, 2.24) is 10.4 Å². The number of hydrazine groups is 1. The molecule has 0 amide bonds. The van der Waals surface area contributed by atoms with Crippen molar-refractivity contribution in [2.75, 3.05) is 20.7 Å². The molecule has 1 N–H and O–H groups in total. The van der Waals surface area contributed by atoms with Gasteiger partial charge < -0.3 is 9.47 Å². The van der Waals surface area contributed by atoms with Crippen molar-refractivity contribution < 1.29 is 22.6 Å². The average molecular weight is 380 g/mol. The van der Waals surface area contributed by atoms with Crippen molar-refractivity contribution in [1.29, 1.82) is 0 Å². The van der Waals surface area contributed by atoms with E-state index in [0.717, 1.165) is 31.4 Å². The molecular formula is C20H23F3N2O2. The van der Waals surface area contributed by atoms with Crippen LogP contribution in [0.4, 0.5) is 13.2 Å². The minimum Gasteiger partial charge on any atom is -0.496 e. The van der Waals surface area contributed by atoms with Crippen molar-refractivity contribution in [2.24, 2.45) is 0 Å². The molecule has 1 saturated heterocycles. The highest BCUT2D eigenvalue weighted by Crippen LogP contribution is 2.47. The normalized spacial score (nSPS) is 21.1. The van der Waals surface area contributed by atoms with E-state index in [4.69, 9.17) is 4.74 Å². The molecule has 27 heavy (non-hydrogen) atoms. The number of nitrogens with zero attached hydrogens (tertiary/aromatic N) is 1. The molecule has 1 unspecified atom stereocenters. The number of nitrogens with one attached hydrogen (secondary N) is 1. The SMILES string of the molecule is CNN1CCCCC1(c1ccccc1)c1cc(OC(F)(F)F)ccc1OC. The Morgan fingerprint density at radius 1 is 1.07 bits per heavy atom. The van der Waals surface area contributed by atoms with Gasteiger partial charge in [-0.3, -0.25) is 5.43 Å². The van der Waals surface area contributed by atoms with E-state index in [0.29, 0.717) is 11.3 Å². The van der Waals surface area contributed by atoms with Gasteiger partial charge in [-0.15, -0.1) is 13.2 Å². The zero-order valence-corrected chi connectivity index (χ0v) is 15.3. The van der Waals surface area contributed by atoms with Crippen LogP contribution >= 0.6 is 0 Å². The minimum absolute atomic E-state index is 0.254. The fourth-order valence-corrected chi connectivity index (χ4v) is 3.94. The summed E-state index contributed by atoms with van der Waals surface area (Å²) < 4.78 is 48.1. The lowest BCUT2D eigenvalue weighted by molar-refractivity contribution is -0.274. The molecule has 7 heteroatoms. The van der Waals surface area contributed by atoms with E-state index >= 15 is 0 Å². The number of rotatable bonds is 5. The average Bonchev–Trinajstić information content (AvgIpc) is 2.67. The summed E-state index contributed by atoms with van der Waals surface area (Å²) in [5.41, 5.74) is 4.20. The van der Waals surface area contributed by atoms with Crippen LogP contribution in [-0.4, -0.2) is 32.1 Å². The van der Waals surface area contributed by atoms with Crippen LogP contribution in [0.2, 0.25) is 0 Å². The summed E-state index contributed by atoms with van der Waals surface area (Å²) in [6, 6.07) is 14.0. The molecule has 2 aromatic carbocycles. The Morgan fingerprint density at radius 2 is 1.81 bits per heavy atom. The molecule has 3 rings (SSSR count). The third kappa shape index (κ3) is 3.89. The molecule has 0 saturated carbocycles. The Kier molecular flexibility index (Phi) is 5.62. The lowest BCUT2D eigenvalue weighted by Gasteiger charge is -2.48. The van der Waals surface area contributed by atoms with Gasteiger partial charge in [0.15, 0.2) is 0 Å². The number of benzene rings is 2. The Hall–Kier alpha value is -2.25. The zero-order chi connectivity index (χ0) is 19.5. The summed E-state index contributed by atoms with van der Waals surface area (Å²) in [5.74, 6) is 0.269. The predicted octanol–water partition coefficient (Wildman–Crippen LogP) is 4.46. The van der Waals surface area contributed by atoms with Gasteiger partial charge in [-0.25, -0.2) is 5.01 Å². The Balaban J connectivity index is 2.21. The quantitative estimate of drug-likeness (QED) is 0.831. The predicted molar refractivity (Wildman–Crippen MR) is 96.5 cm³/mol. The second kappa shape index (κ2) is 7.78. The molecule has 1 aliphatic heterocycles. The molecule has 0 radical (unpaired) electrons. The highest BCUT2D eigenvalue weighted by atomic mass is 19.4. The molecule has 0 aliphatic carbocycles. The first-order valence-corrected chi connectivity index (χ1v) is 8.85. The van der Waals surface area contributed by atoms with Crippen molar-refractivity contribution in [3.05, 3.63) is 59.7 Å². The molecule has 1 fully saturated rings. The lowest BCUT2D eigenvalue weighted by Crippen LogP contribution is -2.55. The van der Waals surface area contributed by atoms with Crippen LogP contribution in [0.5, 0.6) is 11.5 Å². The van der Waals surface area contributed by atoms with Crippen LogP contribution in [-0.2, 0) is 5.54 Å². The summed E-state index contributed by atoms with van der Waals surface area (Å²) in [4.78, 5) is 0. The third-order valence-electron chi connectivity index (χ3n) is 5.00. The zero-order valence-electron chi connectivity index (χ0n) is 15.3. The van der Waals surface area contributed by atoms with Gasteiger partial charge in [-0.05, 0) is 50.1 Å². The van der Waals surface area contributed by atoms with Crippen LogP contribution in [0.15, 0.2) is 48.5 Å². The molecule has 4 nitrogen and oxygen atoms in total. The van der Waals surface area contributed by atoms with Gasteiger partial charge >= 0.3 is 6.36 Å². The Morgan fingerprint density at radius 3 is 2.44 bits per heavy atom. The molecule has 1 aliphatic rings. The third-order valence-corrected chi connectivity index (χ3v) is 5.00. The van der Waals surface area contributed by atoms with Gasteiger partial charge in [0, 0.05) is 12.1 Å². The van der Waals surface area contributed by atoms with E-state index in [2.05, 4.69) is 15.2 Å². The van der Waals surface area contributed by atoms with E-state index in [1.165, 1.54) is 25.3 Å². The maximum atomic E-state index is 12.8. The van der Waals surface area contributed by atoms with E-state index in [1.54, 1.807) is 0 Å². The van der Waals surface area contributed by atoms with Crippen LogP contribution in [0.3, 0.4) is 0 Å². The van der Waals surface area contributed by atoms with Gasteiger partial charge in [0.25, 0.3) is 0 Å². The van der Waals surface area contributed by atoms with E-state index in [1.807, 2.05) is 37.4 Å². The molecule has 1 atom stereocenters. The van der Waals surface area contributed by atoms with E-state index in [9.17, 15) is 13.2 Å². The second-order valence-electron chi connectivity index (χ2n) is 6.47. The summed E-state index contributed by atoms with van der Waals surface area (Å²) in [7, 11) is 3.35. The van der Waals surface area contributed by atoms with Gasteiger partial charge in [0.05, 0.1) is 12.6 Å². The highest BCUT2D eigenvalue weighted by Gasteiger charge is 2.44. The topological polar surface area (TPSA) is 33.7 Å². The van der Waals surface area contributed by atoms with Gasteiger partial charge in [0.1, 0.15) is 11.5 Å². The number of alkyl halides is 3. The van der Waals surface area contributed by atoms with E-state index < -0.39 is 11.9 Å². The van der Waals surface area contributed by atoms with Crippen LogP contribution in [0, 0.1) is 0 Å². The summed E-state index contributed by atoms with van der Waals surface area (Å²) in [6.07, 6.45) is -2.07. The first kappa shape index (κ1) is 19.5. The highest BCUT2D eigenvalue weighted by molar-refractivity contribution is 5.50. The smallest absolute Gasteiger partial charge is 0.496 e. The van der Waals surface area contributed by atoms with Crippen LogP contribution < -0.4 is 14.9 Å². The fraction of sp³-hybridized carbons (Fsp3) is 0.400. The van der Waals surface area contributed by atoms with Crippen molar-refractivity contribution >= 4 is 0 Å². The number of piperidine rings is 1. The fourth-order valence-electron chi connectivity index (χ4n) is 3.94. The van der Waals surface area contributed by atoms with Crippen LogP contribution in [0.25, 0.3) is 0 Å². The molecule has 0 bridgehead atoms. The van der Waals surface area contributed by atoms with Crippen molar-refractivity contribution in [3.63, 3.8) is 0 Å². The number of ether oxygens (including phenoxy) is 2. The first-order valence-electron chi connectivity index (χ1n) is 8.85. The summed E-state index contributed by atoms with van der Waals surface area (Å²) in [6.45, 7) is 0.763. The van der Waals surface area contributed by atoms with Crippen molar-refractivity contribution in [2.45, 2.75) is 31.2 Å². The van der Waals surface area contributed by atoms with Gasteiger partial charge in [-0.2, -0.15) is 0 Å². The lowest BCUT2D eigenvalue weighted by atomic mass is 9.75. The van der Waals surface area contributed by atoms with Gasteiger partial charge in [-0.1, -0.05) is 30.3 Å². The second-order valence-corrected chi connectivity index (χ2v) is 6.47. The maximum Gasteiger partial charge on any atom is 0.573 e. The largest absolute Gasteiger partial charge is 0.573 e. The molecule has 1 heterocycles. The Labute approximate surface area is 156 Å². The molecule has 0 spiro atoms. The number of hydrogen-bond acceptors (Lipinski definition) is 4. The van der Waals surface area contributed by atoms with Crippen molar-refractivity contribution in [3.8, 4) is 11.5 Å². The standard InChI is InChI=1S/C20H23F3N2O2/c1-24-25-13-7-6-12-19(25,15-8-4-3-5-9-15)17-14-16(27-20(21,22)23)10-11-18(17)26-2/h3-5,8-11,14,24H,6-7,12-13H2,1-2H3. The maximum absolute atomic E-state index is 12.8. The molecular weight excluding hydrogens is 357 g/mol. The summed E-state index contributed by atoms with van der Waals surface area (Å²) in [5, 5.41) is 2.07. The number of methoxy groups -OCH3 is 1. The molecule has 0 aromatic heterocycles. The number of halogens is 3. The Bertz CT molecular complexity index is 768. The monoisotopic (exact) mass is 380 g/mol. The van der Waals surface area contributed by atoms with Gasteiger partial charge in [0.2, 0.25) is 0 Å². The molecule has 146 valence electrons. The minimum atomic E-state index is -4.75. The van der Waals surface area contributed by atoms with E-state index in [-0.39, 0.29) is 5.75 Å².